The van der Waals surface area contributed by atoms with E-state index in [-0.39, 0.29) is 24.4 Å². The van der Waals surface area contributed by atoms with Crippen LogP contribution >= 0.6 is 0 Å². The molecule has 0 spiro atoms. The van der Waals surface area contributed by atoms with Gasteiger partial charge >= 0.3 is 0 Å². The summed E-state index contributed by atoms with van der Waals surface area (Å²) in [6.45, 7) is 1.70. The molecule has 5 heteroatoms. The van der Waals surface area contributed by atoms with Gasteiger partial charge in [0.25, 0.3) is 0 Å². The zero-order chi connectivity index (χ0) is 16.2. The summed E-state index contributed by atoms with van der Waals surface area (Å²) in [4.78, 5) is 28.3. The number of hydrogen-bond acceptors (Lipinski definition) is 3. The summed E-state index contributed by atoms with van der Waals surface area (Å²) in [6.07, 6.45) is 4.56. The standard InChI is InChI=1S/C18H24N2O3/c1-23-15-7-5-6-14(12-15)16-9-11-20(16)18(22)13-19-10-4-2-3-8-17(19)21/h5-7,12,16H,2-4,8-11,13H2,1H3/t16-/m0/s1. The molecular weight excluding hydrogens is 292 g/mol. The number of rotatable bonds is 4. The monoisotopic (exact) mass is 316 g/mol. The number of ether oxygens (including phenoxy) is 1. The number of carbonyl (C=O) groups excluding carboxylic acids is 2. The van der Waals surface area contributed by atoms with Gasteiger partial charge in [-0.25, -0.2) is 0 Å². The molecule has 23 heavy (non-hydrogen) atoms. The van der Waals surface area contributed by atoms with Crippen LogP contribution in [-0.4, -0.2) is 48.4 Å². The average Bonchev–Trinajstić information content (AvgIpc) is 2.71. The highest BCUT2D eigenvalue weighted by atomic mass is 16.5. The van der Waals surface area contributed by atoms with Crippen LogP contribution in [0, 0.1) is 0 Å². The molecule has 1 aromatic rings. The summed E-state index contributed by atoms with van der Waals surface area (Å²) in [6, 6.07) is 7.99. The van der Waals surface area contributed by atoms with Gasteiger partial charge in [-0.15, -0.1) is 0 Å². The molecule has 1 aromatic carbocycles. The van der Waals surface area contributed by atoms with Crippen LogP contribution in [0.4, 0.5) is 0 Å². The van der Waals surface area contributed by atoms with Crippen LogP contribution in [0.2, 0.25) is 0 Å². The SMILES string of the molecule is COc1cccc([C@@H]2CCN2C(=O)CN2CCCCCC2=O)c1. The van der Waals surface area contributed by atoms with E-state index < -0.39 is 0 Å². The van der Waals surface area contributed by atoms with Crippen LogP contribution in [0.15, 0.2) is 24.3 Å². The van der Waals surface area contributed by atoms with E-state index in [1.165, 1.54) is 0 Å². The number of carbonyl (C=O) groups is 2. The molecule has 0 bridgehead atoms. The van der Waals surface area contributed by atoms with Crippen molar-refractivity contribution in [2.75, 3.05) is 26.7 Å². The number of likely N-dealkylation sites (tertiary alicyclic amines) is 2. The molecule has 3 rings (SSSR count). The first-order valence-corrected chi connectivity index (χ1v) is 8.40. The van der Waals surface area contributed by atoms with E-state index in [0.29, 0.717) is 13.0 Å². The van der Waals surface area contributed by atoms with Gasteiger partial charge in [-0.2, -0.15) is 0 Å². The van der Waals surface area contributed by atoms with Crippen LogP contribution in [-0.2, 0) is 9.59 Å². The van der Waals surface area contributed by atoms with Crippen molar-refractivity contribution in [3.63, 3.8) is 0 Å². The van der Waals surface area contributed by atoms with Crippen LogP contribution in [0.3, 0.4) is 0 Å². The predicted molar refractivity (Wildman–Crippen MR) is 87.1 cm³/mol. The topological polar surface area (TPSA) is 49.9 Å². The Morgan fingerprint density at radius 3 is 2.87 bits per heavy atom. The third kappa shape index (κ3) is 3.49. The number of methoxy groups -OCH3 is 1. The van der Waals surface area contributed by atoms with Gasteiger partial charge in [-0.1, -0.05) is 18.6 Å². The summed E-state index contributed by atoms with van der Waals surface area (Å²) >= 11 is 0. The molecule has 124 valence electrons. The summed E-state index contributed by atoms with van der Waals surface area (Å²) in [5.74, 6) is 0.984. The van der Waals surface area contributed by atoms with E-state index >= 15 is 0 Å². The second-order valence-corrected chi connectivity index (χ2v) is 6.29. The minimum Gasteiger partial charge on any atom is -0.497 e. The third-order valence-corrected chi connectivity index (χ3v) is 4.82. The van der Waals surface area contributed by atoms with Crippen molar-refractivity contribution in [3.8, 4) is 5.75 Å². The first-order valence-electron chi connectivity index (χ1n) is 8.40. The van der Waals surface area contributed by atoms with E-state index in [1.54, 1.807) is 12.0 Å². The fraction of sp³-hybridized carbons (Fsp3) is 0.556. The molecule has 2 aliphatic heterocycles. The summed E-state index contributed by atoms with van der Waals surface area (Å²) in [7, 11) is 1.65. The van der Waals surface area contributed by atoms with Crippen LogP contribution in [0.25, 0.3) is 0 Å². The van der Waals surface area contributed by atoms with Gasteiger partial charge in [0.15, 0.2) is 0 Å². The van der Waals surface area contributed by atoms with Crippen LogP contribution in [0.1, 0.15) is 43.7 Å². The quantitative estimate of drug-likeness (QED) is 0.857. The van der Waals surface area contributed by atoms with Crippen molar-refractivity contribution in [3.05, 3.63) is 29.8 Å². The molecule has 0 saturated carbocycles. The summed E-state index contributed by atoms with van der Waals surface area (Å²) < 4.78 is 5.26. The Bertz CT molecular complexity index is 587. The van der Waals surface area contributed by atoms with Crippen molar-refractivity contribution < 1.29 is 14.3 Å². The van der Waals surface area contributed by atoms with Gasteiger partial charge in [-0.3, -0.25) is 9.59 Å². The Morgan fingerprint density at radius 2 is 2.13 bits per heavy atom. The lowest BCUT2D eigenvalue weighted by Crippen LogP contribution is -2.50. The normalized spacial score (nSPS) is 21.6. The van der Waals surface area contributed by atoms with Gasteiger partial charge in [0, 0.05) is 19.5 Å². The Balaban J connectivity index is 1.64. The smallest absolute Gasteiger partial charge is 0.242 e. The Morgan fingerprint density at radius 1 is 1.26 bits per heavy atom. The van der Waals surface area contributed by atoms with Gasteiger partial charge in [0.1, 0.15) is 5.75 Å². The maximum absolute atomic E-state index is 12.6. The lowest BCUT2D eigenvalue weighted by atomic mass is 9.94. The largest absolute Gasteiger partial charge is 0.497 e. The molecule has 2 amide bonds. The Labute approximate surface area is 137 Å². The zero-order valence-corrected chi connectivity index (χ0v) is 13.7. The number of nitrogens with zero attached hydrogens (tertiary/aromatic N) is 2. The first kappa shape index (κ1) is 15.8. The van der Waals surface area contributed by atoms with Crippen molar-refractivity contribution in [2.24, 2.45) is 0 Å². The van der Waals surface area contributed by atoms with E-state index in [2.05, 4.69) is 0 Å². The highest BCUT2D eigenvalue weighted by Crippen LogP contribution is 2.34. The molecular formula is C18H24N2O3. The number of hydrogen-bond donors (Lipinski definition) is 0. The predicted octanol–water partition coefficient (Wildman–Crippen LogP) is 2.37. The van der Waals surface area contributed by atoms with E-state index in [0.717, 1.165) is 43.5 Å². The minimum absolute atomic E-state index is 0.0549. The Kier molecular flexibility index (Phi) is 4.84. The fourth-order valence-corrected chi connectivity index (χ4v) is 3.34. The van der Waals surface area contributed by atoms with Crippen molar-refractivity contribution in [1.29, 1.82) is 0 Å². The highest BCUT2D eigenvalue weighted by Gasteiger charge is 2.34. The van der Waals surface area contributed by atoms with Gasteiger partial charge in [0.2, 0.25) is 11.8 Å². The molecule has 5 nitrogen and oxygen atoms in total. The lowest BCUT2D eigenvalue weighted by molar-refractivity contribution is -0.145. The number of amides is 2. The lowest BCUT2D eigenvalue weighted by Gasteiger charge is -2.42. The Hall–Kier alpha value is -2.04. The molecule has 0 aromatic heterocycles. The van der Waals surface area contributed by atoms with Crippen molar-refractivity contribution in [2.45, 2.75) is 38.1 Å². The van der Waals surface area contributed by atoms with E-state index in [1.807, 2.05) is 29.2 Å². The summed E-state index contributed by atoms with van der Waals surface area (Å²) in [5.41, 5.74) is 1.10. The van der Waals surface area contributed by atoms with E-state index in [4.69, 9.17) is 4.74 Å². The first-order chi connectivity index (χ1) is 11.2. The summed E-state index contributed by atoms with van der Waals surface area (Å²) in [5, 5.41) is 0. The number of benzene rings is 1. The molecule has 0 radical (unpaired) electrons. The van der Waals surface area contributed by atoms with Gasteiger partial charge in [0.05, 0.1) is 19.7 Å². The molecule has 2 fully saturated rings. The zero-order valence-electron chi connectivity index (χ0n) is 13.7. The maximum Gasteiger partial charge on any atom is 0.242 e. The molecule has 2 heterocycles. The molecule has 2 aliphatic rings. The third-order valence-electron chi connectivity index (χ3n) is 4.82. The maximum atomic E-state index is 12.6. The minimum atomic E-state index is 0.0549. The molecule has 1 atom stereocenters. The van der Waals surface area contributed by atoms with Gasteiger partial charge in [-0.05, 0) is 37.0 Å². The molecule has 0 N–H and O–H groups in total. The fourth-order valence-electron chi connectivity index (χ4n) is 3.34. The van der Waals surface area contributed by atoms with Crippen molar-refractivity contribution >= 4 is 11.8 Å². The molecule has 0 aliphatic carbocycles. The molecule has 0 unspecified atom stereocenters. The second kappa shape index (κ2) is 7.02. The average molecular weight is 316 g/mol. The van der Waals surface area contributed by atoms with Crippen molar-refractivity contribution in [1.82, 2.24) is 9.80 Å². The highest BCUT2D eigenvalue weighted by molar-refractivity contribution is 5.85. The van der Waals surface area contributed by atoms with Crippen LogP contribution in [0.5, 0.6) is 5.75 Å². The molecule has 2 saturated heterocycles. The van der Waals surface area contributed by atoms with Crippen LogP contribution < -0.4 is 4.74 Å². The van der Waals surface area contributed by atoms with Gasteiger partial charge < -0.3 is 14.5 Å². The van der Waals surface area contributed by atoms with E-state index in [9.17, 15) is 9.59 Å². The second-order valence-electron chi connectivity index (χ2n) is 6.29.